The SMILES string of the molecule is COc1ccccc1NC(=O)c1cc(-c2ccc(C)cc2)n[nH]1. The van der Waals surface area contributed by atoms with Crippen LogP contribution in [0.2, 0.25) is 0 Å². The largest absolute Gasteiger partial charge is 0.495 e. The Labute approximate surface area is 134 Å². The summed E-state index contributed by atoms with van der Waals surface area (Å²) in [5.41, 5.74) is 3.88. The lowest BCUT2D eigenvalue weighted by molar-refractivity contribution is 0.102. The summed E-state index contributed by atoms with van der Waals surface area (Å²) in [7, 11) is 1.57. The van der Waals surface area contributed by atoms with Gasteiger partial charge in [0, 0.05) is 5.56 Å². The third-order valence-corrected chi connectivity index (χ3v) is 3.52. The highest BCUT2D eigenvalue weighted by Crippen LogP contribution is 2.24. The Bertz CT molecular complexity index is 822. The molecule has 0 atom stereocenters. The van der Waals surface area contributed by atoms with Gasteiger partial charge in [-0.1, -0.05) is 42.0 Å². The number of nitrogens with zero attached hydrogens (tertiary/aromatic N) is 1. The fourth-order valence-electron chi connectivity index (χ4n) is 2.25. The van der Waals surface area contributed by atoms with Crippen molar-refractivity contribution in [3.63, 3.8) is 0 Å². The number of carbonyl (C=O) groups is 1. The van der Waals surface area contributed by atoms with E-state index >= 15 is 0 Å². The molecule has 0 aliphatic heterocycles. The van der Waals surface area contributed by atoms with Crippen LogP contribution < -0.4 is 10.1 Å². The number of aryl methyl sites for hydroxylation is 1. The molecule has 0 bridgehead atoms. The number of hydrogen-bond acceptors (Lipinski definition) is 3. The number of benzene rings is 2. The summed E-state index contributed by atoms with van der Waals surface area (Å²) in [6.07, 6.45) is 0. The zero-order valence-corrected chi connectivity index (χ0v) is 13.0. The van der Waals surface area contributed by atoms with Crippen LogP contribution in [0.25, 0.3) is 11.3 Å². The monoisotopic (exact) mass is 307 g/mol. The van der Waals surface area contributed by atoms with Crippen molar-refractivity contribution >= 4 is 11.6 Å². The molecule has 0 saturated carbocycles. The lowest BCUT2D eigenvalue weighted by Gasteiger charge is -2.08. The zero-order chi connectivity index (χ0) is 16.2. The molecule has 0 fully saturated rings. The first-order chi connectivity index (χ1) is 11.2. The standard InChI is InChI=1S/C18H17N3O2/c1-12-7-9-13(10-8-12)15-11-16(21-20-15)18(22)19-14-5-3-4-6-17(14)23-2/h3-11H,1-2H3,(H,19,22)(H,20,21). The summed E-state index contributed by atoms with van der Waals surface area (Å²) in [4.78, 5) is 12.3. The second kappa shape index (κ2) is 6.36. The molecule has 0 radical (unpaired) electrons. The van der Waals surface area contributed by atoms with E-state index in [1.165, 1.54) is 5.56 Å². The van der Waals surface area contributed by atoms with Gasteiger partial charge in [0.15, 0.2) is 0 Å². The first-order valence-electron chi connectivity index (χ1n) is 7.24. The van der Waals surface area contributed by atoms with Gasteiger partial charge >= 0.3 is 0 Å². The number of anilines is 1. The van der Waals surface area contributed by atoms with Gasteiger partial charge in [-0.25, -0.2) is 0 Å². The van der Waals surface area contributed by atoms with Gasteiger partial charge in [0.1, 0.15) is 11.4 Å². The second-order valence-electron chi connectivity index (χ2n) is 5.19. The number of rotatable bonds is 4. The van der Waals surface area contributed by atoms with Crippen molar-refractivity contribution in [1.29, 1.82) is 0 Å². The average molecular weight is 307 g/mol. The van der Waals surface area contributed by atoms with E-state index in [0.29, 0.717) is 17.1 Å². The van der Waals surface area contributed by atoms with Crippen LogP contribution in [0.3, 0.4) is 0 Å². The number of hydrogen-bond donors (Lipinski definition) is 2. The number of nitrogens with one attached hydrogen (secondary N) is 2. The van der Waals surface area contributed by atoms with Crippen LogP contribution in [0.5, 0.6) is 5.75 Å². The highest BCUT2D eigenvalue weighted by molar-refractivity contribution is 6.04. The minimum Gasteiger partial charge on any atom is -0.495 e. The first kappa shape index (κ1) is 14.8. The molecule has 3 aromatic rings. The molecule has 5 heteroatoms. The summed E-state index contributed by atoms with van der Waals surface area (Å²) in [5.74, 6) is 0.347. The Morgan fingerprint density at radius 3 is 2.61 bits per heavy atom. The van der Waals surface area contributed by atoms with E-state index in [2.05, 4.69) is 15.5 Å². The minimum atomic E-state index is -0.264. The van der Waals surface area contributed by atoms with E-state index in [4.69, 9.17) is 4.74 Å². The molecule has 116 valence electrons. The maximum absolute atomic E-state index is 12.3. The number of para-hydroxylation sites is 2. The smallest absolute Gasteiger partial charge is 0.273 e. The van der Waals surface area contributed by atoms with Gasteiger partial charge in [0.25, 0.3) is 5.91 Å². The Morgan fingerprint density at radius 2 is 1.87 bits per heavy atom. The molecular formula is C18H17N3O2. The number of carbonyl (C=O) groups excluding carboxylic acids is 1. The Morgan fingerprint density at radius 1 is 1.13 bits per heavy atom. The second-order valence-corrected chi connectivity index (χ2v) is 5.19. The van der Waals surface area contributed by atoms with Crippen molar-refractivity contribution in [1.82, 2.24) is 10.2 Å². The normalized spacial score (nSPS) is 10.3. The van der Waals surface area contributed by atoms with Crippen LogP contribution in [0.15, 0.2) is 54.6 Å². The third kappa shape index (κ3) is 3.23. The predicted octanol–water partition coefficient (Wildman–Crippen LogP) is 3.65. The molecule has 3 rings (SSSR count). The lowest BCUT2D eigenvalue weighted by atomic mass is 10.1. The number of amides is 1. The Kier molecular flexibility index (Phi) is 4.10. The van der Waals surface area contributed by atoms with Crippen molar-refractivity contribution in [3.8, 4) is 17.0 Å². The number of ether oxygens (including phenoxy) is 1. The van der Waals surface area contributed by atoms with Crippen LogP contribution in [-0.4, -0.2) is 23.2 Å². The topological polar surface area (TPSA) is 67.0 Å². The van der Waals surface area contributed by atoms with Gasteiger partial charge in [-0.15, -0.1) is 0 Å². The highest BCUT2D eigenvalue weighted by Gasteiger charge is 2.13. The quantitative estimate of drug-likeness (QED) is 0.773. The molecule has 1 heterocycles. The van der Waals surface area contributed by atoms with Gasteiger partial charge in [-0.2, -0.15) is 5.10 Å². The minimum absolute atomic E-state index is 0.264. The molecule has 1 aromatic heterocycles. The van der Waals surface area contributed by atoms with Crippen LogP contribution in [-0.2, 0) is 0 Å². The maximum atomic E-state index is 12.3. The fourth-order valence-corrected chi connectivity index (χ4v) is 2.25. The Balaban J connectivity index is 1.80. The van der Waals surface area contributed by atoms with Crippen molar-refractivity contribution < 1.29 is 9.53 Å². The molecular weight excluding hydrogens is 290 g/mol. The molecule has 2 aromatic carbocycles. The van der Waals surface area contributed by atoms with E-state index in [9.17, 15) is 4.79 Å². The van der Waals surface area contributed by atoms with E-state index in [-0.39, 0.29) is 5.91 Å². The zero-order valence-electron chi connectivity index (χ0n) is 13.0. The summed E-state index contributed by atoms with van der Waals surface area (Å²) >= 11 is 0. The van der Waals surface area contributed by atoms with Crippen molar-refractivity contribution in [3.05, 3.63) is 65.9 Å². The lowest BCUT2D eigenvalue weighted by Crippen LogP contribution is -2.13. The van der Waals surface area contributed by atoms with Crippen LogP contribution >= 0.6 is 0 Å². The van der Waals surface area contributed by atoms with Gasteiger partial charge in [-0.05, 0) is 25.1 Å². The number of aromatic nitrogens is 2. The summed E-state index contributed by atoms with van der Waals surface area (Å²) in [6.45, 7) is 2.03. The number of H-pyrrole nitrogens is 1. The first-order valence-corrected chi connectivity index (χ1v) is 7.24. The highest BCUT2D eigenvalue weighted by atomic mass is 16.5. The van der Waals surface area contributed by atoms with Crippen molar-refractivity contribution in [2.24, 2.45) is 0 Å². The maximum Gasteiger partial charge on any atom is 0.273 e. The van der Waals surface area contributed by atoms with Gasteiger partial charge in [-0.3, -0.25) is 9.89 Å². The van der Waals surface area contributed by atoms with E-state index in [0.717, 1.165) is 11.3 Å². The third-order valence-electron chi connectivity index (χ3n) is 3.52. The summed E-state index contributed by atoms with van der Waals surface area (Å²) in [5, 5.41) is 9.79. The molecule has 23 heavy (non-hydrogen) atoms. The summed E-state index contributed by atoms with van der Waals surface area (Å²) < 4.78 is 5.23. The molecule has 2 N–H and O–H groups in total. The van der Waals surface area contributed by atoms with Crippen LogP contribution in [0, 0.1) is 6.92 Å². The number of aromatic amines is 1. The van der Waals surface area contributed by atoms with Crippen LogP contribution in [0.4, 0.5) is 5.69 Å². The summed E-state index contributed by atoms with van der Waals surface area (Å²) in [6, 6.07) is 17.0. The van der Waals surface area contributed by atoms with Crippen molar-refractivity contribution in [2.45, 2.75) is 6.92 Å². The van der Waals surface area contributed by atoms with Gasteiger partial charge < -0.3 is 10.1 Å². The molecule has 0 aliphatic rings. The van der Waals surface area contributed by atoms with E-state index in [1.54, 1.807) is 25.3 Å². The molecule has 0 saturated heterocycles. The molecule has 5 nitrogen and oxygen atoms in total. The average Bonchev–Trinajstić information content (AvgIpc) is 3.06. The van der Waals surface area contributed by atoms with Crippen LogP contribution in [0.1, 0.15) is 16.1 Å². The number of methoxy groups -OCH3 is 1. The molecule has 0 spiro atoms. The van der Waals surface area contributed by atoms with Gasteiger partial charge in [0.05, 0.1) is 18.5 Å². The van der Waals surface area contributed by atoms with E-state index < -0.39 is 0 Å². The van der Waals surface area contributed by atoms with Gasteiger partial charge in [0.2, 0.25) is 0 Å². The van der Waals surface area contributed by atoms with Crippen molar-refractivity contribution in [2.75, 3.05) is 12.4 Å². The predicted molar refractivity (Wildman–Crippen MR) is 89.7 cm³/mol. The molecule has 1 amide bonds. The fraction of sp³-hybridized carbons (Fsp3) is 0.111. The molecule has 0 aliphatic carbocycles. The molecule has 0 unspecified atom stereocenters. The van der Waals surface area contributed by atoms with E-state index in [1.807, 2.05) is 43.3 Å². The Hall–Kier alpha value is -3.08.